The molecule has 7 heteroatoms. The minimum atomic E-state index is -0.347. The number of amides is 1. The predicted octanol–water partition coefficient (Wildman–Crippen LogP) is 5.34. The molecule has 0 aliphatic heterocycles. The molecule has 0 unspecified atom stereocenters. The Labute approximate surface area is 138 Å². The summed E-state index contributed by atoms with van der Waals surface area (Å²) < 4.78 is 14.5. The molecule has 3 aromatic rings. The molecule has 108 valence electrons. The Bertz CT molecular complexity index is 828. The fraction of sp³-hybridized carbons (Fsp3) is 0.0714. The number of hydrogen-bond acceptors (Lipinski definition) is 3. The van der Waals surface area contributed by atoms with Gasteiger partial charge >= 0.3 is 0 Å². The average Bonchev–Trinajstić information content (AvgIpc) is 3.00. The second-order valence-corrected chi connectivity index (χ2v) is 7.50. The summed E-state index contributed by atoms with van der Waals surface area (Å²) in [7, 11) is 0. The van der Waals surface area contributed by atoms with E-state index < -0.39 is 0 Å². The van der Waals surface area contributed by atoms with Gasteiger partial charge in [-0.2, -0.15) is 0 Å². The first-order valence-electron chi connectivity index (χ1n) is 5.94. The van der Waals surface area contributed by atoms with Crippen LogP contribution < -0.4 is 5.32 Å². The van der Waals surface area contributed by atoms with Crippen molar-refractivity contribution in [1.29, 1.82) is 0 Å². The van der Waals surface area contributed by atoms with E-state index in [-0.39, 0.29) is 11.7 Å². The number of hydrogen-bond donors (Lipinski definition) is 1. The standard InChI is InChI=1S/C14H8Cl2FNOS2/c15-11-4-2-8(20-11)6-18-14(19)13-12(16)9-3-1-7(17)5-10(9)21-13/h1-5H,6H2,(H,18,19). The summed E-state index contributed by atoms with van der Waals surface area (Å²) >= 11 is 14.6. The summed E-state index contributed by atoms with van der Waals surface area (Å²) in [5.41, 5.74) is 0. The zero-order chi connectivity index (χ0) is 15.0. The molecule has 0 saturated carbocycles. The van der Waals surface area contributed by atoms with Crippen LogP contribution in [0, 0.1) is 5.82 Å². The Morgan fingerprint density at radius 1 is 1.19 bits per heavy atom. The number of carbonyl (C=O) groups excluding carboxylic acids is 1. The van der Waals surface area contributed by atoms with E-state index >= 15 is 0 Å². The van der Waals surface area contributed by atoms with E-state index in [0.717, 1.165) is 4.88 Å². The van der Waals surface area contributed by atoms with Crippen molar-refractivity contribution in [1.82, 2.24) is 5.32 Å². The Kier molecular flexibility index (Phi) is 4.17. The molecular formula is C14H8Cl2FNOS2. The molecule has 0 bridgehead atoms. The van der Waals surface area contributed by atoms with Crippen molar-refractivity contribution in [3.63, 3.8) is 0 Å². The van der Waals surface area contributed by atoms with Gasteiger partial charge in [-0.05, 0) is 30.3 Å². The highest BCUT2D eigenvalue weighted by Crippen LogP contribution is 2.35. The number of rotatable bonds is 3. The second-order valence-electron chi connectivity index (χ2n) is 4.27. The summed E-state index contributed by atoms with van der Waals surface area (Å²) in [6, 6.07) is 7.93. The molecule has 21 heavy (non-hydrogen) atoms. The van der Waals surface area contributed by atoms with Crippen LogP contribution in [0.1, 0.15) is 14.5 Å². The van der Waals surface area contributed by atoms with Gasteiger partial charge in [0.15, 0.2) is 0 Å². The van der Waals surface area contributed by atoms with Crippen molar-refractivity contribution < 1.29 is 9.18 Å². The van der Waals surface area contributed by atoms with Gasteiger partial charge in [-0.15, -0.1) is 22.7 Å². The summed E-state index contributed by atoms with van der Waals surface area (Å²) in [6.07, 6.45) is 0. The monoisotopic (exact) mass is 359 g/mol. The molecule has 0 saturated heterocycles. The maximum absolute atomic E-state index is 13.2. The average molecular weight is 360 g/mol. The van der Waals surface area contributed by atoms with Crippen LogP contribution >= 0.6 is 45.9 Å². The van der Waals surface area contributed by atoms with Crippen molar-refractivity contribution in [2.75, 3.05) is 0 Å². The third kappa shape index (κ3) is 3.06. The Morgan fingerprint density at radius 2 is 2.00 bits per heavy atom. The lowest BCUT2D eigenvalue weighted by Crippen LogP contribution is -2.21. The van der Waals surface area contributed by atoms with Gasteiger partial charge in [-0.3, -0.25) is 4.79 Å². The molecule has 1 aromatic carbocycles. The van der Waals surface area contributed by atoms with E-state index in [0.29, 0.717) is 30.9 Å². The third-order valence-corrected chi connectivity index (χ3v) is 5.74. The maximum Gasteiger partial charge on any atom is 0.263 e. The first-order chi connectivity index (χ1) is 10.0. The normalized spacial score (nSPS) is 11.0. The molecule has 0 fully saturated rings. The lowest BCUT2D eigenvalue weighted by Gasteiger charge is -2.01. The van der Waals surface area contributed by atoms with Gasteiger partial charge in [-0.1, -0.05) is 23.2 Å². The first-order valence-corrected chi connectivity index (χ1v) is 8.33. The molecule has 0 atom stereocenters. The zero-order valence-corrected chi connectivity index (χ0v) is 13.6. The van der Waals surface area contributed by atoms with Crippen LogP contribution in [0.2, 0.25) is 9.36 Å². The molecule has 3 rings (SSSR count). The molecule has 0 aliphatic rings. The van der Waals surface area contributed by atoms with Crippen LogP contribution in [0.25, 0.3) is 10.1 Å². The Balaban J connectivity index is 1.82. The lowest BCUT2D eigenvalue weighted by atomic mass is 10.2. The fourth-order valence-corrected chi connectivity index (χ4v) is 4.37. The molecule has 2 nitrogen and oxygen atoms in total. The van der Waals surface area contributed by atoms with Crippen molar-refractivity contribution >= 4 is 61.9 Å². The maximum atomic E-state index is 13.2. The van der Waals surface area contributed by atoms with Crippen LogP contribution in [0.15, 0.2) is 30.3 Å². The Hall–Kier alpha value is -1.14. The minimum Gasteiger partial charge on any atom is -0.346 e. The largest absolute Gasteiger partial charge is 0.346 e. The molecule has 1 amide bonds. The summed E-state index contributed by atoms with van der Waals surface area (Å²) in [4.78, 5) is 13.5. The second kappa shape index (κ2) is 5.93. The highest BCUT2D eigenvalue weighted by molar-refractivity contribution is 7.21. The number of carbonyl (C=O) groups is 1. The van der Waals surface area contributed by atoms with E-state index in [2.05, 4.69) is 5.32 Å². The quantitative estimate of drug-likeness (QED) is 0.671. The van der Waals surface area contributed by atoms with Gasteiger partial charge in [0.1, 0.15) is 10.7 Å². The van der Waals surface area contributed by atoms with Gasteiger partial charge < -0.3 is 5.32 Å². The lowest BCUT2D eigenvalue weighted by molar-refractivity contribution is 0.0955. The smallest absolute Gasteiger partial charge is 0.263 e. The Morgan fingerprint density at radius 3 is 2.71 bits per heavy atom. The van der Waals surface area contributed by atoms with Crippen molar-refractivity contribution in [3.05, 3.63) is 55.3 Å². The predicted molar refractivity (Wildman–Crippen MR) is 87.3 cm³/mol. The van der Waals surface area contributed by atoms with E-state index in [4.69, 9.17) is 23.2 Å². The molecule has 0 spiro atoms. The first kappa shape index (κ1) is 14.8. The fourth-order valence-electron chi connectivity index (χ4n) is 1.88. The van der Waals surface area contributed by atoms with Crippen LogP contribution in [0.3, 0.4) is 0 Å². The van der Waals surface area contributed by atoms with Crippen LogP contribution in [0.4, 0.5) is 4.39 Å². The molecule has 0 radical (unpaired) electrons. The highest BCUT2D eigenvalue weighted by Gasteiger charge is 2.17. The number of nitrogens with one attached hydrogen (secondary N) is 1. The molecular weight excluding hydrogens is 352 g/mol. The van der Waals surface area contributed by atoms with Crippen LogP contribution in [-0.4, -0.2) is 5.91 Å². The summed E-state index contributed by atoms with van der Waals surface area (Å²) in [5, 5.41) is 3.84. The van der Waals surface area contributed by atoms with Gasteiger partial charge in [0.2, 0.25) is 0 Å². The van der Waals surface area contributed by atoms with Gasteiger partial charge in [0.05, 0.1) is 15.9 Å². The molecule has 2 heterocycles. The van der Waals surface area contributed by atoms with E-state index in [1.54, 1.807) is 12.1 Å². The number of benzene rings is 1. The SMILES string of the molecule is O=C(NCc1ccc(Cl)s1)c1sc2cc(F)ccc2c1Cl. The van der Waals surface area contributed by atoms with Gasteiger partial charge in [0, 0.05) is 15.0 Å². The zero-order valence-electron chi connectivity index (χ0n) is 10.5. The van der Waals surface area contributed by atoms with Gasteiger partial charge in [-0.25, -0.2) is 4.39 Å². The van der Waals surface area contributed by atoms with Crippen molar-refractivity contribution in [2.45, 2.75) is 6.54 Å². The summed E-state index contributed by atoms with van der Waals surface area (Å²) in [5.74, 6) is -0.619. The van der Waals surface area contributed by atoms with Crippen molar-refractivity contribution in [2.24, 2.45) is 0 Å². The van der Waals surface area contributed by atoms with E-state index in [9.17, 15) is 9.18 Å². The molecule has 1 N–H and O–H groups in total. The summed E-state index contributed by atoms with van der Waals surface area (Å²) in [6.45, 7) is 0.384. The number of fused-ring (bicyclic) bond motifs is 1. The van der Waals surface area contributed by atoms with Crippen LogP contribution in [0.5, 0.6) is 0 Å². The molecule has 2 aromatic heterocycles. The topological polar surface area (TPSA) is 29.1 Å². The van der Waals surface area contributed by atoms with Crippen molar-refractivity contribution in [3.8, 4) is 0 Å². The highest BCUT2D eigenvalue weighted by atomic mass is 35.5. The minimum absolute atomic E-state index is 0.272. The number of halogens is 3. The number of thiophene rings is 2. The van der Waals surface area contributed by atoms with Gasteiger partial charge in [0.25, 0.3) is 5.91 Å². The third-order valence-electron chi connectivity index (χ3n) is 2.85. The van der Waals surface area contributed by atoms with E-state index in [1.165, 1.54) is 34.8 Å². The van der Waals surface area contributed by atoms with Crippen LogP contribution in [-0.2, 0) is 6.54 Å². The molecule has 0 aliphatic carbocycles. The van der Waals surface area contributed by atoms with E-state index in [1.807, 2.05) is 6.07 Å².